The number of allylic oxidation sites excluding steroid dienone is 1. The Hall–Kier alpha value is -0.560. The molecule has 2 rings (SSSR count). The summed E-state index contributed by atoms with van der Waals surface area (Å²) < 4.78 is 12.7. The highest BCUT2D eigenvalue weighted by molar-refractivity contribution is 7.72. The van der Waals surface area contributed by atoms with Gasteiger partial charge in [0.1, 0.15) is 7.14 Å². The third-order valence-corrected chi connectivity index (χ3v) is 6.62. The SMILES string of the molecule is CC1=C(Cl)[C@@H](O)C[P@](=O)(c2ccccc2)C1. The maximum absolute atomic E-state index is 12.7. The Morgan fingerprint density at radius 1 is 1.38 bits per heavy atom. The van der Waals surface area contributed by atoms with Gasteiger partial charge < -0.3 is 9.67 Å². The Kier molecular flexibility index (Phi) is 3.25. The summed E-state index contributed by atoms with van der Waals surface area (Å²) in [5.74, 6) is 0. The molecule has 2 atom stereocenters. The number of benzene rings is 1. The van der Waals surface area contributed by atoms with Crippen LogP contribution in [0.4, 0.5) is 0 Å². The van der Waals surface area contributed by atoms with Gasteiger partial charge in [0.25, 0.3) is 0 Å². The van der Waals surface area contributed by atoms with E-state index in [1.807, 2.05) is 37.3 Å². The fourth-order valence-electron chi connectivity index (χ4n) is 2.06. The lowest BCUT2D eigenvalue weighted by Gasteiger charge is -2.28. The summed E-state index contributed by atoms with van der Waals surface area (Å²) in [5, 5.41) is 11.1. The van der Waals surface area contributed by atoms with Crippen LogP contribution in [-0.2, 0) is 4.57 Å². The van der Waals surface area contributed by atoms with E-state index >= 15 is 0 Å². The summed E-state index contributed by atoms with van der Waals surface area (Å²) in [5.41, 5.74) is 0.840. The summed E-state index contributed by atoms with van der Waals surface area (Å²) in [4.78, 5) is 0. The van der Waals surface area contributed by atoms with E-state index in [0.29, 0.717) is 11.2 Å². The van der Waals surface area contributed by atoms with E-state index in [1.54, 1.807) is 0 Å². The minimum atomic E-state index is -2.51. The van der Waals surface area contributed by atoms with Gasteiger partial charge in [0, 0.05) is 22.7 Å². The molecule has 1 heterocycles. The molecule has 0 bridgehead atoms. The van der Waals surface area contributed by atoms with Gasteiger partial charge in [-0.15, -0.1) is 0 Å². The van der Waals surface area contributed by atoms with Crippen molar-refractivity contribution < 1.29 is 9.67 Å². The molecule has 1 aliphatic heterocycles. The van der Waals surface area contributed by atoms with Crippen LogP contribution < -0.4 is 5.30 Å². The molecule has 0 aliphatic carbocycles. The van der Waals surface area contributed by atoms with Gasteiger partial charge in [-0.05, 0) is 12.5 Å². The van der Waals surface area contributed by atoms with E-state index in [4.69, 9.17) is 11.6 Å². The van der Waals surface area contributed by atoms with Crippen molar-refractivity contribution in [3.63, 3.8) is 0 Å². The molecule has 0 unspecified atom stereocenters. The summed E-state index contributed by atoms with van der Waals surface area (Å²) in [6, 6.07) is 9.36. The highest BCUT2D eigenvalue weighted by Crippen LogP contribution is 2.51. The van der Waals surface area contributed by atoms with Crippen molar-refractivity contribution >= 4 is 24.0 Å². The number of halogens is 1. The highest BCUT2D eigenvalue weighted by Gasteiger charge is 2.34. The second-order valence-corrected chi connectivity index (χ2v) is 7.59. The first-order valence-electron chi connectivity index (χ1n) is 5.20. The van der Waals surface area contributed by atoms with Crippen molar-refractivity contribution in [3.8, 4) is 0 Å². The predicted molar refractivity (Wildman–Crippen MR) is 68.0 cm³/mol. The second kappa shape index (κ2) is 4.37. The predicted octanol–water partition coefficient (Wildman–Crippen LogP) is 2.56. The maximum Gasteiger partial charge on any atom is 0.122 e. The summed E-state index contributed by atoms with van der Waals surface area (Å²) >= 11 is 5.94. The van der Waals surface area contributed by atoms with Crippen LogP contribution in [0.3, 0.4) is 0 Å². The molecule has 1 aromatic carbocycles. The fraction of sp³-hybridized carbons (Fsp3) is 0.333. The third-order valence-electron chi connectivity index (χ3n) is 2.89. The van der Waals surface area contributed by atoms with E-state index in [0.717, 1.165) is 10.9 Å². The maximum atomic E-state index is 12.7. The van der Waals surface area contributed by atoms with E-state index < -0.39 is 13.2 Å². The van der Waals surface area contributed by atoms with Crippen molar-refractivity contribution in [1.29, 1.82) is 0 Å². The summed E-state index contributed by atoms with van der Waals surface area (Å²) in [6.07, 6.45) is -0.0402. The third kappa shape index (κ3) is 2.10. The average Bonchev–Trinajstić information content (AvgIpc) is 2.27. The molecule has 0 spiro atoms. The number of hydrogen-bond donors (Lipinski definition) is 1. The minimum Gasteiger partial charge on any atom is -0.387 e. The van der Waals surface area contributed by atoms with Gasteiger partial charge in [-0.1, -0.05) is 41.9 Å². The van der Waals surface area contributed by atoms with Crippen LogP contribution in [0, 0.1) is 0 Å². The van der Waals surface area contributed by atoms with Crippen molar-refractivity contribution in [3.05, 3.63) is 40.9 Å². The topological polar surface area (TPSA) is 37.3 Å². The zero-order chi connectivity index (χ0) is 11.8. The Morgan fingerprint density at radius 2 is 2.00 bits per heavy atom. The number of aliphatic hydroxyl groups excluding tert-OH is 1. The Labute approximate surface area is 100 Å². The molecule has 2 nitrogen and oxygen atoms in total. The van der Waals surface area contributed by atoms with Gasteiger partial charge in [0.15, 0.2) is 0 Å². The van der Waals surface area contributed by atoms with E-state index in [9.17, 15) is 9.67 Å². The summed E-state index contributed by atoms with van der Waals surface area (Å²) in [6.45, 7) is 1.83. The van der Waals surface area contributed by atoms with Crippen LogP contribution in [0.25, 0.3) is 0 Å². The molecule has 86 valence electrons. The molecule has 16 heavy (non-hydrogen) atoms. The summed E-state index contributed by atoms with van der Waals surface area (Å²) in [7, 11) is -2.51. The number of rotatable bonds is 1. The minimum absolute atomic E-state index is 0.257. The van der Waals surface area contributed by atoms with Crippen molar-refractivity contribution in [1.82, 2.24) is 0 Å². The van der Waals surface area contributed by atoms with Gasteiger partial charge in [0.2, 0.25) is 0 Å². The molecule has 0 radical (unpaired) electrons. The van der Waals surface area contributed by atoms with Crippen LogP contribution in [-0.4, -0.2) is 23.5 Å². The molecule has 0 aromatic heterocycles. The van der Waals surface area contributed by atoms with Crippen LogP contribution >= 0.6 is 18.7 Å². The number of aliphatic hydroxyl groups is 1. The lowest BCUT2D eigenvalue weighted by atomic mass is 10.2. The first-order valence-corrected chi connectivity index (χ1v) is 7.65. The Balaban J connectivity index is 2.40. The number of hydrogen-bond acceptors (Lipinski definition) is 2. The molecule has 0 saturated heterocycles. The van der Waals surface area contributed by atoms with E-state index in [-0.39, 0.29) is 6.16 Å². The standard InChI is InChI=1S/C12H14ClO2P/c1-9-7-16(15,8-11(14)12(9)13)10-5-3-2-4-6-10/h2-6,11,14H,7-8H2,1H3/t11-,16-/m0/s1. The van der Waals surface area contributed by atoms with Crippen LogP contribution in [0.1, 0.15) is 6.92 Å². The Morgan fingerprint density at radius 3 is 2.56 bits per heavy atom. The van der Waals surface area contributed by atoms with Gasteiger partial charge in [0.05, 0.1) is 6.10 Å². The van der Waals surface area contributed by atoms with E-state index in [1.165, 1.54) is 0 Å². The lowest BCUT2D eigenvalue weighted by Crippen LogP contribution is -2.26. The molecule has 1 aromatic rings. The highest BCUT2D eigenvalue weighted by atomic mass is 35.5. The van der Waals surface area contributed by atoms with Crippen LogP contribution in [0.15, 0.2) is 40.9 Å². The molecule has 0 amide bonds. The zero-order valence-corrected chi connectivity index (χ0v) is 10.7. The quantitative estimate of drug-likeness (QED) is 0.784. The monoisotopic (exact) mass is 256 g/mol. The van der Waals surface area contributed by atoms with Gasteiger partial charge in [-0.2, -0.15) is 0 Å². The second-order valence-electron chi connectivity index (χ2n) is 4.21. The fourth-order valence-corrected chi connectivity index (χ4v) is 5.32. The molecular formula is C12H14ClO2P. The van der Waals surface area contributed by atoms with Crippen molar-refractivity contribution in [2.45, 2.75) is 13.0 Å². The Bertz CT molecular complexity index is 467. The first-order chi connectivity index (χ1) is 7.53. The molecule has 0 fully saturated rings. The zero-order valence-electron chi connectivity index (χ0n) is 9.06. The lowest BCUT2D eigenvalue weighted by molar-refractivity contribution is 0.239. The van der Waals surface area contributed by atoms with Crippen molar-refractivity contribution in [2.75, 3.05) is 12.3 Å². The molecule has 1 N–H and O–H groups in total. The molecule has 4 heteroatoms. The van der Waals surface area contributed by atoms with Crippen LogP contribution in [0.5, 0.6) is 0 Å². The molecule has 1 aliphatic rings. The van der Waals surface area contributed by atoms with Crippen molar-refractivity contribution in [2.24, 2.45) is 0 Å². The smallest absolute Gasteiger partial charge is 0.122 e. The molecular weight excluding hydrogens is 243 g/mol. The van der Waals surface area contributed by atoms with E-state index in [2.05, 4.69) is 0 Å². The van der Waals surface area contributed by atoms with Crippen LogP contribution in [0.2, 0.25) is 0 Å². The largest absolute Gasteiger partial charge is 0.387 e. The van der Waals surface area contributed by atoms with Gasteiger partial charge in [-0.25, -0.2) is 0 Å². The normalized spacial score (nSPS) is 30.6. The van der Waals surface area contributed by atoms with Gasteiger partial charge in [-0.3, -0.25) is 0 Å². The molecule has 0 saturated carbocycles. The van der Waals surface area contributed by atoms with Gasteiger partial charge >= 0.3 is 0 Å². The average molecular weight is 257 g/mol. The first kappa shape index (κ1) is 11.9.